The molecule has 4 rings (SSSR count). The lowest BCUT2D eigenvalue weighted by Crippen LogP contribution is -2.19. The number of benzene rings is 4. The van der Waals surface area contributed by atoms with Gasteiger partial charge in [-0.05, 0) is 65.8 Å². The molecular weight excluding hydrogens is 502 g/mol. The van der Waals surface area contributed by atoms with Crippen molar-refractivity contribution in [2.24, 2.45) is 0 Å². The van der Waals surface area contributed by atoms with Crippen LogP contribution in [0.4, 0.5) is 26.3 Å². The van der Waals surface area contributed by atoms with Crippen LogP contribution in [0.25, 0.3) is 21.9 Å². The Hall–Kier alpha value is -3.92. The SMILES string of the molecule is CCCCCCc1ccc(C#Cc2ccc3c(F)c(-c4cc(F)c(OC(F)(F)F)c(F)c4)ccc3c2)cc1. The van der Waals surface area contributed by atoms with E-state index in [0.717, 1.165) is 18.4 Å². The second-order valence-electron chi connectivity index (χ2n) is 8.94. The van der Waals surface area contributed by atoms with E-state index in [1.807, 2.05) is 12.1 Å². The predicted octanol–water partition coefficient (Wildman–Crippen LogP) is 9.35. The Morgan fingerprint density at radius 2 is 1.39 bits per heavy atom. The molecule has 1 nitrogen and oxygen atoms in total. The molecule has 0 aliphatic heterocycles. The van der Waals surface area contributed by atoms with E-state index in [4.69, 9.17) is 0 Å². The molecule has 0 spiro atoms. The number of hydrogen-bond acceptors (Lipinski definition) is 1. The number of rotatable bonds is 7. The van der Waals surface area contributed by atoms with Crippen LogP contribution >= 0.6 is 0 Å². The Labute approximate surface area is 217 Å². The summed E-state index contributed by atoms with van der Waals surface area (Å²) in [6, 6.07) is 17.0. The molecule has 7 heteroatoms. The molecule has 0 heterocycles. The monoisotopic (exact) mass is 526 g/mol. The summed E-state index contributed by atoms with van der Waals surface area (Å²) in [5, 5.41) is 0.690. The molecule has 0 amide bonds. The third-order valence-corrected chi connectivity index (χ3v) is 6.11. The summed E-state index contributed by atoms with van der Waals surface area (Å²) in [5.41, 5.74) is 2.35. The molecule has 0 unspecified atom stereocenters. The summed E-state index contributed by atoms with van der Waals surface area (Å²) in [6.07, 6.45) is 0.599. The van der Waals surface area contributed by atoms with Crippen molar-refractivity contribution in [3.05, 3.63) is 101 Å². The highest BCUT2D eigenvalue weighted by atomic mass is 19.4. The van der Waals surface area contributed by atoms with Gasteiger partial charge < -0.3 is 4.74 Å². The van der Waals surface area contributed by atoms with E-state index in [1.54, 1.807) is 18.2 Å². The first kappa shape index (κ1) is 27.1. The van der Waals surface area contributed by atoms with E-state index in [-0.39, 0.29) is 16.5 Å². The molecule has 196 valence electrons. The predicted molar refractivity (Wildman–Crippen MR) is 136 cm³/mol. The average molecular weight is 527 g/mol. The second-order valence-corrected chi connectivity index (χ2v) is 8.94. The Balaban J connectivity index is 1.54. The smallest absolute Gasteiger partial charge is 0.399 e. The molecule has 0 aromatic heterocycles. The minimum absolute atomic E-state index is 0.164. The molecule has 4 aromatic rings. The van der Waals surface area contributed by atoms with Gasteiger partial charge in [0.1, 0.15) is 5.82 Å². The number of hydrogen-bond donors (Lipinski definition) is 0. The van der Waals surface area contributed by atoms with Gasteiger partial charge in [-0.1, -0.05) is 68.4 Å². The number of fused-ring (bicyclic) bond motifs is 1. The van der Waals surface area contributed by atoms with Crippen molar-refractivity contribution in [3.63, 3.8) is 0 Å². The fourth-order valence-electron chi connectivity index (χ4n) is 4.18. The van der Waals surface area contributed by atoms with Gasteiger partial charge in [0.15, 0.2) is 11.6 Å². The summed E-state index contributed by atoms with van der Waals surface area (Å²) in [6.45, 7) is 2.18. The van der Waals surface area contributed by atoms with Crippen LogP contribution in [-0.4, -0.2) is 6.36 Å². The number of unbranched alkanes of at least 4 members (excludes halogenated alkanes) is 3. The topological polar surface area (TPSA) is 9.23 Å². The highest BCUT2D eigenvalue weighted by molar-refractivity contribution is 5.89. The number of ether oxygens (including phenoxy) is 1. The van der Waals surface area contributed by atoms with E-state index in [1.165, 1.54) is 37.0 Å². The van der Waals surface area contributed by atoms with Gasteiger partial charge in [0, 0.05) is 22.1 Å². The molecule has 38 heavy (non-hydrogen) atoms. The van der Waals surface area contributed by atoms with Gasteiger partial charge in [-0.3, -0.25) is 0 Å². The fourth-order valence-corrected chi connectivity index (χ4v) is 4.18. The van der Waals surface area contributed by atoms with Crippen molar-refractivity contribution in [1.82, 2.24) is 0 Å². The zero-order valence-electron chi connectivity index (χ0n) is 20.6. The number of halogens is 6. The minimum Gasteiger partial charge on any atom is -0.399 e. The Bertz CT molecular complexity index is 1470. The van der Waals surface area contributed by atoms with E-state index < -0.39 is 29.6 Å². The van der Waals surface area contributed by atoms with Crippen molar-refractivity contribution < 1.29 is 31.1 Å². The van der Waals surface area contributed by atoms with Crippen LogP contribution in [0.1, 0.15) is 49.3 Å². The molecule has 4 aromatic carbocycles. The van der Waals surface area contributed by atoms with Gasteiger partial charge in [-0.2, -0.15) is 0 Å². The zero-order chi connectivity index (χ0) is 27.3. The third kappa shape index (κ3) is 6.69. The minimum atomic E-state index is -5.27. The molecule has 0 saturated heterocycles. The van der Waals surface area contributed by atoms with Gasteiger partial charge >= 0.3 is 6.36 Å². The standard InChI is InChI=1S/C31H24F6O/c1-2-3-4-5-6-20-7-9-21(10-8-20)11-12-22-13-15-25-23(17-22)14-16-26(29(25)34)24-18-27(32)30(28(33)19-24)38-31(35,36)37/h7-10,13-19H,2-6H2,1H3. The first-order valence-corrected chi connectivity index (χ1v) is 12.2. The summed E-state index contributed by atoms with van der Waals surface area (Å²) in [7, 11) is 0. The number of alkyl halides is 3. The van der Waals surface area contributed by atoms with E-state index in [0.29, 0.717) is 23.1 Å². The molecule has 0 fully saturated rings. The first-order chi connectivity index (χ1) is 18.1. The Kier molecular flexibility index (Phi) is 8.31. The van der Waals surface area contributed by atoms with Crippen LogP contribution in [0.2, 0.25) is 0 Å². The average Bonchev–Trinajstić information content (AvgIpc) is 2.88. The fraction of sp³-hybridized carbons (Fsp3) is 0.226. The van der Waals surface area contributed by atoms with Gasteiger partial charge in [-0.25, -0.2) is 13.2 Å². The molecule has 0 radical (unpaired) electrons. The summed E-state index contributed by atoms with van der Waals surface area (Å²) in [5.74, 6) is 0.620. The van der Waals surface area contributed by atoms with Crippen molar-refractivity contribution >= 4 is 10.8 Å². The summed E-state index contributed by atoms with van der Waals surface area (Å²) in [4.78, 5) is 0. The van der Waals surface area contributed by atoms with Gasteiger partial charge in [-0.15, -0.1) is 13.2 Å². The Morgan fingerprint density at radius 3 is 2.05 bits per heavy atom. The molecule has 0 aliphatic rings. The molecule has 0 saturated carbocycles. The molecule has 0 N–H and O–H groups in total. The van der Waals surface area contributed by atoms with E-state index in [9.17, 15) is 22.0 Å². The van der Waals surface area contributed by atoms with E-state index >= 15 is 4.39 Å². The lowest BCUT2D eigenvalue weighted by atomic mass is 9.98. The van der Waals surface area contributed by atoms with Crippen LogP contribution in [0.3, 0.4) is 0 Å². The first-order valence-electron chi connectivity index (χ1n) is 12.2. The lowest BCUT2D eigenvalue weighted by Gasteiger charge is -2.13. The molecule has 0 aliphatic carbocycles. The zero-order valence-corrected chi connectivity index (χ0v) is 20.6. The Morgan fingerprint density at radius 1 is 0.737 bits per heavy atom. The van der Waals surface area contributed by atoms with Crippen LogP contribution in [0.5, 0.6) is 5.75 Å². The van der Waals surface area contributed by atoms with Crippen molar-refractivity contribution in [1.29, 1.82) is 0 Å². The van der Waals surface area contributed by atoms with Crippen molar-refractivity contribution in [3.8, 4) is 28.7 Å². The van der Waals surface area contributed by atoms with Gasteiger partial charge in [0.05, 0.1) is 0 Å². The maximum atomic E-state index is 15.2. The lowest BCUT2D eigenvalue weighted by molar-refractivity contribution is -0.276. The highest BCUT2D eigenvalue weighted by Gasteiger charge is 2.34. The number of aryl methyl sites for hydroxylation is 1. The van der Waals surface area contributed by atoms with Crippen LogP contribution in [0.15, 0.2) is 66.7 Å². The van der Waals surface area contributed by atoms with Gasteiger partial charge in [0.2, 0.25) is 5.75 Å². The maximum Gasteiger partial charge on any atom is 0.573 e. The van der Waals surface area contributed by atoms with Crippen molar-refractivity contribution in [2.75, 3.05) is 0 Å². The summed E-state index contributed by atoms with van der Waals surface area (Å²) < 4.78 is 84.2. The third-order valence-electron chi connectivity index (χ3n) is 6.11. The maximum absolute atomic E-state index is 15.2. The van der Waals surface area contributed by atoms with Crippen molar-refractivity contribution in [2.45, 2.75) is 45.4 Å². The molecular formula is C31H24F6O. The van der Waals surface area contributed by atoms with E-state index in [2.05, 4.69) is 35.6 Å². The van der Waals surface area contributed by atoms with Crippen LogP contribution in [0, 0.1) is 29.3 Å². The largest absolute Gasteiger partial charge is 0.573 e. The second kappa shape index (κ2) is 11.6. The van der Waals surface area contributed by atoms with Gasteiger partial charge in [0.25, 0.3) is 0 Å². The van der Waals surface area contributed by atoms with Crippen LogP contribution < -0.4 is 4.74 Å². The quantitative estimate of drug-likeness (QED) is 0.132. The van der Waals surface area contributed by atoms with Crippen LogP contribution in [-0.2, 0) is 6.42 Å². The normalized spacial score (nSPS) is 11.3. The molecule has 0 bridgehead atoms. The molecule has 0 atom stereocenters. The summed E-state index contributed by atoms with van der Waals surface area (Å²) >= 11 is 0. The highest BCUT2D eigenvalue weighted by Crippen LogP contribution is 2.35.